The molecule has 0 bridgehead atoms. The standard InChI is InChI=1S/C18H21FN4O2/c1-12-3-4-14(10-16(12)19)17(24)20-11-15-9-13(2)21-18(22-15)23-5-7-25-8-6-23/h3-4,9-10H,5-8,11H2,1-2H3,(H,20,24). The van der Waals surface area contributed by atoms with Crippen LogP contribution in [0.15, 0.2) is 24.3 Å². The minimum atomic E-state index is -0.389. The summed E-state index contributed by atoms with van der Waals surface area (Å²) in [5, 5.41) is 2.78. The molecule has 2 aromatic rings. The third kappa shape index (κ3) is 4.30. The Balaban J connectivity index is 1.68. The van der Waals surface area contributed by atoms with Gasteiger partial charge in [0.1, 0.15) is 5.82 Å². The molecule has 0 saturated carbocycles. The second kappa shape index (κ2) is 7.57. The first-order chi connectivity index (χ1) is 12.0. The van der Waals surface area contributed by atoms with Crippen LogP contribution < -0.4 is 10.2 Å². The number of aryl methyl sites for hydroxylation is 2. The minimum absolute atomic E-state index is 0.259. The molecule has 6 nitrogen and oxygen atoms in total. The predicted molar refractivity (Wildman–Crippen MR) is 92.1 cm³/mol. The number of carbonyl (C=O) groups excluding carboxylic acids is 1. The number of rotatable bonds is 4. The highest BCUT2D eigenvalue weighted by Crippen LogP contribution is 2.13. The molecule has 0 spiro atoms. The number of aromatic nitrogens is 2. The van der Waals surface area contributed by atoms with Crippen molar-refractivity contribution in [2.45, 2.75) is 20.4 Å². The van der Waals surface area contributed by atoms with Gasteiger partial charge in [-0.05, 0) is 37.6 Å². The van der Waals surface area contributed by atoms with Gasteiger partial charge in [-0.3, -0.25) is 4.79 Å². The van der Waals surface area contributed by atoms with Crippen LogP contribution in [0, 0.1) is 19.7 Å². The van der Waals surface area contributed by atoms with Crippen molar-refractivity contribution >= 4 is 11.9 Å². The maximum Gasteiger partial charge on any atom is 0.251 e. The van der Waals surface area contributed by atoms with Gasteiger partial charge in [0.15, 0.2) is 0 Å². The number of morpholine rings is 1. The molecule has 0 unspecified atom stereocenters. The summed E-state index contributed by atoms with van der Waals surface area (Å²) in [4.78, 5) is 23.3. The van der Waals surface area contributed by atoms with Gasteiger partial charge in [-0.1, -0.05) is 6.07 Å². The fourth-order valence-corrected chi connectivity index (χ4v) is 2.62. The summed E-state index contributed by atoms with van der Waals surface area (Å²) in [6.07, 6.45) is 0. The lowest BCUT2D eigenvalue weighted by Gasteiger charge is -2.27. The molecule has 132 valence electrons. The summed E-state index contributed by atoms with van der Waals surface area (Å²) in [6.45, 7) is 6.62. The molecule has 1 amide bonds. The highest BCUT2D eigenvalue weighted by molar-refractivity contribution is 5.94. The summed E-state index contributed by atoms with van der Waals surface area (Å²) in [5.74, 6) is -0.0721. The van der Waals surface area contributed by atoms with Crippen molar-refractivity contribution in [1.82, 2.24) is 15.3 Å². The Labute approximate surface area is 146 Å². The van der Waals surface area contributed by atoms with Crippen molar-refractivity contribution < 1.29 is 13.9 Å². The van der Waals surface area contributed by atoms with E-state index in [2.05, 4.69) is 20.2 Å². The highest BCUT2D eigenvalue weighted by atomic mass is 19.1. The normalized spacial score (nSPS) is 14.4. The average molecular weight is 344 g/mol. The van der Waals surface area contributed by atoms with Crippen LogP contribution in [-0.4, -0.2) is 42.2 Å². The van der Waals surface area contributed by atoms with Crippen molar-refractivity contribution in [3.05, 3.63) is 52.6 Å². The minimum Gasteiger partial charge on any atom is -0.378 e. The summed E-state index contributed by atoms with van der Waals surface area (Å²) in [7, 11) is 0. The maximum absolute atomic E-state index is 13.6. The van der Waals surface area contributed by atoms with Gasteiger partial charge in [0.2, 0.25) is 5.95 Å². The van der Waals surface area contributed by atoms with Crippen LogP contribution in [0.5, 0.6) is 0 Å². The fourth-order valence-electron chi connectivity index (χ4n) is 2.62. The average Bonchev–Trinajstić information content (AvgIpc) is 2.62. The molecule has 3 rings (SSSR count). The summed E-state index contributed by atoms with van der Waals surface area (Å²) in [5.41, 5.74) is 2.36. The largest absolute Gasteiger partial charge is 0.378 e. The molecule has 25 heavy (non-hydrogen) atoms. The van der Waals surface area contributed by atoms with E-state index in [1.165, 1.54) is 6.07 Å². The van der Waals surface area contributed by atoms with Crippen LogP contribution in [0.1, 0.15) is 27.3 Å². The summed E-state index contributed by atoms with van der Waals surface area (Å²) < 4.78 is 18.9. The first-order valence-electron chi connectivity index (χ1n) is 8.24. The van der Waals surface area contributed by atoms with Gasteiger partial charge in [0, 0.05) is 24.3 Å². The molecule has 1 aromatic heterocycles. The fraction of sp³-hybridized carbons (Fsp3) is 0.389. The monoisotopic (exact) mass is 344 g/mol. The molecule has 1 aliphatic heterocycles. The first-order valence-corrected chi connectivity index (χ1v) is 8.24. The van der Waals surface area contributed by atoms with Crippen LogP contribution in [0.4, 0.5) is 10.3 Å². The van der Waals surface area contributed by atoms with E-state index in [0.29, 0.717) is 30.3 Å². The van der Waals surface area contributed by atoms with Gasteiger partial charge >= 0.3 is 0 Å². The number of nitrogens with one attached hydrogen (secondary N) is 1. The van der Waals surface area contributed by atoms with E-state index >= 15 is 0 Å². The number of benzene rings is 1. The van der Waals surface area contributed by atoms with E-state index in [4.69, 9.17) is 4.74 Å². The van der Waals surface area contributed by atoms with E-state index in [0.717, 1.165) is 24.5 Å². The van der Waals surface area contributed by atoms with Gasteiger partial charge < -0.3 is 15.0 Å². The third-order valence-electron chi connectivity index (χ3n) is 4.05. The lowest BCUT2D eigenvalue weighted by atomic mass is 10.1. The maximum atomic E-state index is 13.6. The van der Waals surface area contributed by atoms with E-state index in [9.17, 15) is 9.18 Å². The molecule has 7 heteroatoms. The lowest BCUT2D eigenvalue weighted by Crippen LogP contribution is -2.37. The molecule has 0 radical (unpaired) electrons. The molecule has 1 N–H and O–H groups in total. The second-order valence-electron chi connectivity index (χ2n) is 6.05. The van der Waals surface area contributed by atoms with E-state index < -0.39 is 0 Å². The van der Waals surface area contributed by atoms with Crippen molar-refractivity contribution in [2.24, 2.45) is 0 Å². The first kappa shape index (κ1) is 17.3. The zero-order valence-corrected chi connectivity index (χ0v) is 14.4. The van der Waals surface area contributed by atoms with Crippen LogP contribution in [0.3, 0.4) is 0 Å². The Morgan fingerprint density at radius 1 is 1.24 bits per heavy atom. The SMILES string of the molecule is Cc1cc(CNC(=O)c2ccc(C)c(F)c2)nc(N2CCOCC2)n1. The molecule has 1 fully saturated rings. The summed E-state index contributed by atoms with van der Waals surface area (Å²) >= 11 is 0. The Kier molecular flexibility index (Phi) is 5.23. The smallest absolute Gasteiger partial charge is 0.251 e. The number of amides is 1. The van der Waals surface area contributed by atoms with Gasteiger partial charge in [-0.2, -0.15) is 0 Å². The van der Waals surface area contributed by atoms with Gasteiger partial charge in [-0.15, -0.1) is 0 Å². The molecular weight excluding hydrogens is 323 g/mol. The van der Waals surface area contributed by atoms with Gasteiger partial charge in [-0.25, -0.2) is 14.4 Å². The third-order valence-corrected chi connectivity index (χ3v) is 4.05. The number of carbonyl (C=O) groups is 1. The molecule has 1 aliphatic rings. The Morgan fingerprint density at radius 3 is 2.72 bits per heavy atom. The molecule has 1 saturated heterocycles. The van der Waals surface area contributed by atoms with Crippen molar-refractivity contribution in [3.63, 3.8) is 0 Å². The van der Waals surface area contributed by atoms with Crippen LogP contribution >= 0.6 is 0 Å². The number of hydrogen-bond acceptors (Lipinski definition) is 5. The van der Waals surface area contributed by atoms with Crippen molar-refractivity contribution in [2.75, 3.05) is 31.2 Å². The van der Waals surface area contributed by atoms with Crippen LogP contribution in [0.25, 0.3) is 0 Å². The number of nitrogens with zero attached hydrogens (tertiary/aromatic N) is 3. The molecule has 0 atom stereocenters. The zero-order valence-electron chi connectivity index (χ0n) is 14.4. The van der Waals surface area contributed by atoms with Crippen LogP contribution in [-0.2, 0) is 11.3 Å². The van der Waals surface area contributed by atoms with E-state index in [-0.39, 0.29) is 18.3 Å². The van der Waals surface area contributed by atoms with Gasteiger partial charge in [0.25, 0.3) is 5.91 Å². The Hall–Kier alpha value is -2.54. The quantitative estimate of drug-likeness (QED) is 0.919. The second-order valence-corrected chi connectivity index (χ2v) is 6.05. The topological polar surface area (TPSA) is 67.4 Å². The van der Waals surface area contributed by atoms with Crippen molar-refractivity contribution in [3.8, 4) is 0 Å². The van der Waals surface area contributed by atoms with Gasteiger partial charge in [0.05, 0.1) is 25.5 Å². The zero-order chi connectivity index (χ0) is 17.8. The highest BCUT2D eigenvalue weighted by Gasteiger charge is 2.15. The molecular formula is C18H21FN4O2. The Morgan fingerprint density at radius 2 is 2.00 bits per heavy atom. The van der Waals surface area contributed by atoms with E-state index in [1.807, 2.05) is 13.0 Å². The molecule has 2 heterocycles. The van der Waals surface area contributed by atoms with Crippen LogP contribution in [0.2, 0.25) is 0 Å². The molecule has 0 aliphatic carbocycles. The number of anilines is 1. The van der Waals surface area contributed by atoms with Crippen molar-refractivity contribution in [1.29, 1.82) is 0 Å². The number of ether oxygens (including phenoxy) is 1. The molecule has 1 aromatic carbocycles. The lowest BCUT2D eigenvalue weighted by molar-refractivity contribution is 0.0950. The van der Waals surface area contributed by atoms with E-state index in [1.54, 1.807) is 19.1 Å². The summed E-state index contributed by atoms with van der Waals surface area (Å²) in [6, 6.07) is 6.28. The number of halogens is 1. The predicted octanol–water partition coefficient (Wildman–Crippen LogP) is 2.00. The Bertz CT molecular complexity index is 776. The number of hydrogen-bond donors (Lipinski definition) is 1.